The van der Waals surface area contributed by atoms with Gasteiger partial charge in [-0.25, -0.2) is 0 Å². The molecule has 1 heterocycles. The van der Waals surface area contributed by atoms with E-state index in [2.05, 4.69) is 29.0 Å². The zero-order valence-electron chi connectivity index (χ0n) is 11.9. The normalized spacial score (nSPS) is 40.8. The number of hydrogen-bond donors (Lipinski definition) is 2. The number of anilines is 1. The van der Waals surface area contributed by atoms with Gasteiger partial charge in [0, 0.05) is 5.41 Å². The number of nitrogens with two attached hydrogens (primary N) is 1. The number of nitrogens with one attached hydrogen (secondary N) is 1. The number of H-pyrrole nitrogens is 1. The zero-order valence-corrected chi connectivity index (χ0v) is 11.9. The van der Waals surface area contributed by atoms with Crippen molar-refractivity contribution in [1.29, 1.82) is 0 Å². The summed E-state index contributed by atoms with van der Waals surface area (Å²) in [5, 5.41) is 7.14. The van der Waals surface area contributed by atoms with Crippen LogP contribution in [-0.4, -0.2) is 15.2 Å². The number of aromatic amines is 1. The van der Waals surface area contributed by atoms with Gasteiger partial charge < -0.3 is 5.73 Å². The van der Waals surface area contributed by atoms with Crippen LogP contribution < -0.4 is 5.73 Å². The Morgan fingerprint density at radius 2 is 1.63 bits per heavy atom. The molecule has 0 unspecified atom stereocenters. The molecule has 4 heteroatoms. The Morgan fingerprint density at radius 3 is 2.05 bits per heavy atom. The highest BCUT2D eigenvalue weighted by atomic mass is 15.3. The molecule has 3 N–H and O–H groups in total. The minimum Gasteiger partial charge on any atom is -0.367 e. The predicted octanol–water partition coefficient (Wildman–Crippen LogP) is 2.88. The van der Waals surface area contributed by atoms with E-state index in [9.17, 15) is 0 Å². The summed E-state index contributed by atoms with van der Waals surface area (Å²) in [6, 6.07) is 0. The van der Waals surface area contributed by atoms with Crippen LogP contribution in [0.2, 0.25) is 0 Å². The highest BCUT2D eigenvalue weighted by molar-refractivity contribution is 5.22. The number of hydrogen-bond acceptors (Lipinski definition) is 3. The van der Waals surface area contributed by atoms with Gasteiger partial charge in [-0.2, -0.15) is 4.98 Å². The van der Waals surface area contributed by atoms with E-state index in [0.717, 1.165) is 23.6 Å². The number of nitrogen functional groups attached to an aromatic ring is 1. The molecule has 0 amide bonds. The van der Waals surface area contributed by atoms with Crippen LogP contribution >= 0.6 is 0 Å². The van der Waals surface area contributed by atoms with E-state index >= 15 is 0 Å². The van der Waals surface area contributed by atoms with Crippen molar-refractivity contribution >= 4 is 5.95 Å². The van der Waals surface area contributed by atoms with Gasteiger partial charge >= 0.3 is 0 Å². The van der Waals surface area contributed by atoms with Crippen molar-refractivity contribution < 1.29 is 0 Å². The second-order valence-electron chi connectivity index (χ2n) is 7.87. The lowest BCUT2D eigenvalue weighted by atomic mass is 9.43. The SMILES string of the molecule is CC(C)(c1nc(N)n[nH]1)C12CC3CC(CC(C3)C1)C2. The summed E-state index contributed by atoms with van der Waals surface area (Å²) in [7, 11) is 0. The average molecular weight is 260 g/mol. The number of nitrogens with zero attached hydrogens (tertiary/aromatic N) is 2. The molecule has 0 aromatic carbocycles. The van der Waals surface area contributed by atoms with Gasteiger partial charge in [-0.15, -0.1) is 5.10 Å². The fraction of sp³-hybridized carbons (Fsp3) is 0.867. The minimum absolute atomic E-state index is 0.0631. The van der Waals surface area contributed by atoms with Gasteiger partial charge in [0.2, 0.25) is 5.95 Å². The van der Waals surface area contributed by atoms with E-state index in [-0.39, 0.29) is 5.41 Å². The molecule has 0 radical (unpaired) electrons. The van der Waals surface area contributed by atoms with Crippen molar-refractivity contribution in [3.63, 3.8) is 0 Å². The molecule has 1 aromatic heterocycles. The third-order valence-electron chi connectivity index (χ3n) is 6.46. The predicted molar refractivity (Wildman–Crippen MR) is 74.4 cm³/mol. The first-order chi connectivity index (χ1) is 8.98. The van der Waals surface area contributed by atoms with Gasteiger partial charge in [-0.1, -0.05) is 13.8 Å². The third kappa shape index (κ3) is 1.52. The van der Waals surface area contributed by atoms with Crippen molar-refractivity contribution in [3.8, 4) is 0 Å². The first-order valence-electron chi connectivity index (χ1n) is 7.67. The standard InChI is InChI=1S/C15H24N4/c1-14(2,12-17-13(16)19-18-12)15-6-9-3-10(7-15)5-11(4-9)8-15/h9-11H,3-8H2,1-2H3,(H3,16,17,18,19). The number of rotatable bonds is 2. The Bertz CT molecular complexity index is 467. The van der Waals surface area contributed by atoms with Crippen molar-refractivity contribution in [2.24, 2.45) is 23.2 Å². The Labute approximate surface area is 114 Å². The second-order valence-corrected chi connectivity index (χ2v) is 7.87. The molecular weight excluding hydrogens is 236 g/mol. The van der Waals surface area contributed by atoms with Crippen LogP contribution in [0.3, 0.4) is 0 Å². The summed E-state index contributed by atoms with van der Waals surface area (Å²) in [5.41, 5.74) is 6.20. The van der Waals surface area contributed by atoms with E-state index in [0.29, 0.717) is 11.4 Å². The molecule has 0 spiro atoms. The summed E-state index contributed by atoms with van der Waals surface area (Å²) in [4.78, 5) is 4.45. The smallest absolute Gasteiger partial charge is 0.239 e. The Morgan fingerprint density at radius 1 is 1.11 bits per heavy atom. The van der Waals surface area contributed by atoms with E-state index in [1.807, 2.05) is 0 Å². The van der Waals surface area contributed by atoms with Crippen LogP contribution in [0, 0.1) is 23.2 Å². The molecule has 4 aliphatic carbocycles. The Kier molecular flexibility index (Phi) is 2.18. The van der Waals surface area contributed by atoms with Gasteiger partial charge in [0.1, 0.15) is 5.82 Å². The van der Waals surface area contributed by atoms with Crippen LogP contribution in [0.5, 0.6) is 0 Å². The molecule has 4 fully saturated rings. The van der Waals surface area contributed by atoms with Gasteiger partial charge in [-0.3, -0.25) is 5.10 Å². The molecule has 1 aromatic rings. The Balaban J connectivity index is 1.74. The summed E-state index contributed by atoms with van der Waals surface area (Å²) in [5.74, 6) is 4.27. The molecule has 19 heavy (non-hydrogen) atoms. The Hall–Kier alpha value is -1.06. The van der Waals surface area contributed by atoms with Crippen molar-refractivity contribution in [1.82, 2.24) is 15.2 Å². The van der Waals surface area contributed by atoms with Gasteiger partial charge in [0.15, 0.2) is 0 Å². The molecule has 0 aliphatic heterocycles. The molecule has 5 rings (SSSR count). The van der Waals surface area contributed by atoms with E-state index < -0.39 is 0 Å². The molecular formula is C15H24N4. The maximum Gasteiger partial charge on any atom is 0.239 e. The highest BCUT2D eigenvalue weighted by Crippen LogP contribution is 2.65. The van der Waals surface area contributed by atoms with Crippen LogP contribution in [0.15, 0.2) is 0 Å². The summed E-state index contributed by atoms with van der Waals surface area (Å²) in [6.45, 7) is 4.69. The molecule has 4 saturated carbocycles. The lowest BCUT2D eigenvalue weighted by Gasteiger charge is -2.61. The lowest BCUT2D eigenvalue weighted by Crippen LogP contribution is -2.54. The van der Waals surface area contributed by atoms with Crippen LogP contribution in [0.1, 0.15) is 58.2 Å². The van der Waals surface area contributed by atoms with Crippen LogP contribution in [0.25, 0.3) is 0 Å². The fourth-order valence-electron chi connectivity index (χ4n) is 5.68. The molecule has 0 atom stereocenters. The fourth-order valence-corrected chi connectivity index (χ4v) is 5.68. The lowest BCUT2D eigenvalue weighted by molar-refractivity contribution is -0.0939. The van der Waals surface area contributed by atoms with Gasteiger partial charge in [0.25, 0.3) is 0 Å². The summed E-state index contributed by atoms with van der Waals surface area (Å²) < 4.78 is 0. The molecule has 104 valence electrons. The van der Waals surface area contributed by atoms with Crippen LogP contribution in [0.4, 0.5) is 5.95 Å². The highest BCUT2D eigenvalue weighted by Gasteiger charge is 2.58. The first kappa shape index (κ1) is 11.7. The number of aromatic nitrogens is 3. The largest absolute Gasteiger partial charge is 0.367 e. The van der Waals surface area contributed by atoms with Gasteiger partial charge in [-0.05, 0) is 61.7 Å². The van der Waals surface area contributed by atoms with Crippen molar-refractivity contribution in [3.05, 3.63) is 5.82 Å². The second kappa shape index (κ2) is 3.53. The summed E-state index contributed by atoms with van der Waals surface area (Å²) >= 11 is 0. The maximum absolute atomic E-state index is 5.71. The molecule has 4 nitrogen and oxygen atoms in total. The zero-order chi connectivity index (χ0) is 13.3. The van der Waals surface area contributed by atoms with Crippen LogP contribution in [-0.2, 0) is 5.41 Å². The first-order valence-corrected chi connectivity index (χ1v) is 7.67. The van der Waals surface area contributed by atoms with E-state index in [4.69, 9.17) is 5.73 Å². The van der Waals surface area contributed by atoms with E-state index in [1.54, 1.807) is 0 Å². The molecule has 4 aliphatic rings. The van der Waals surface area contributed by atoms with E-state index in [1.165, 1.54) is 38.5 Å². The van der Waals surface area contributed by atoms with Crippen molar-refractivity contribution in [2.45, 2.75) is 57.8 Å². The minimum atomic E-state index is 0.0631. The van der Waals surface area contributed by atoms with Gasteiger partial charge in [0.05, 0.1) is 0 Å². The average Bonchev–Trinajstić information content (AvgIpc) is 2.74. The molecule has 4 bridgehead atoms. The monoisotopic (exact) mass is 260 g/mol. The maximum atomic E-state index is 5.71. The quantitative estimate of drug-likeness (QED) is 0.859. The molecule has 0 saturated heterocycles. The van der Waals surface area contributed by atoms with Crippen molar-refractivity contribution in [2.75, 3.05) is 5.73 Å². The third-order valence-corrected chi connectivity index (χ3v) is 6.46. The topological polar surface area (TPSA) is 67.6 Å². The summed E-state index contributed by atoms with van der Waals surface area (Å²) in [6.07, 6.45) is 8.58.